The molecule has 1 unspecified atom stereocenters. The van der Waals surface area contributed by atoms with Gasteiger partial charge in [-0.05, 0) is 18.6 Å². The Morgan fingerprint density at radius 3 is 2.94 bits per heavy atom. The molecule has 0 spiro atoms. The molecule has 0 fully saturated rings. The first kappa shape index (κ1) is 11.5. The van der Waals surface area contributed by atoms with Gasteiger partial charge in [0.25, 0.3) is 0 Å². The van der Waals surface area contributed by atoms with Crippen LogP contribution in [0.2, 0.25) is 0 Å². The van der Waals surface area contributed by atoms with Crippen LogP contribution in [0.15, 0.2) is 36.5 Å². The highest BCUT2D eigenvalue weighted by Gasteiger charge is 2.12. The van der Waals surface area contributed by atoms with E-state index in [1.54, 1.807) is 6.20 Å². The number of rotatable bonds is 3. The van der Waals surface area contributed by atoms with Crippen LogP contribution >= 0.6 is 0 Å². The summed E-state index contributed by atoms with van der Waals surface area (Å²) in [4.78, 5) is 16.0. The highest BCUT2D eigenvalue weighted by molar-refractivity contribution is 6.02. The first-order valence-corrected chi connectivity index (χ1v) is 5.62. The number of aromatic nitrogens is 1. The van der Waals surface area contributed by atoms with Gasteiger partial charge < -0.3 is 11.1 Å². The Hall–Kier alpha value is -1.94. The maximum absolute atomic E-state index is 11.7. The van der Waals surface area contributed by atoms with Crippen molar-refractivity contribution in [2.24, 2.45) is 5.73 Å². The fourth-order valence-electron chi connectivity index (χ4n) is 1.62. The van der Waals surface area contributed by atoms with Crippen LogP contribution in [-0.2, 0) is 4.79 Å². The number of para-hydroxylation sites is 1. The number of hydrogen-bond acceptors (Lipinski definition) is 3. The first-order chi connectivity index (χ1) is 8.22. The molecule has 0 aliphatic rings. The quantitative estimate of drug-likeness (QED) is 0.844. The van der Waals surface area contributed by atoms with Gasteiger partial charge >= 0.3 is 0 Å². The van der Waals surface area contributed by atoms with E-state index in [1.807, 2.05) is 37.3 Å². The van der Waals surface area contributed by atoms with Gasteiger partial charge in [0.2, 0.25) is 5.91 Å². The minimum atomic E-state index is -0.478. The smallest absolute Gasteiger partial charge is 0.241 e. The Morgan fingerprint density at radius 2 is 2.18 bits per heavy atom. The lowest BCUT2D eigenvalue weighted by Gasteiger charge is -2.11. The number of fused-ring (bicyclic) bond motifs is 1. The molecule has 2 aromatic rings. The molecular formula is C13H15N3O. The zero-order valence-corrected chi connectivity index (χ0v) is 9.68. The van der Waals surface area contributed by atoms with Crippen molar-refractivity contribution in [3.8, 4) is 0 Å². The lowest BCUT2D eigenvalue weighted by atomic mass is 10.1. The lowest BCUT2D eigenvalue weighted by Crippen LogP contribution is -2.34. The van der Waals surface area contributed by atoms with Crippen molar-refractivity contribution in [3.63, 3.8) is 0 Å². The normalized spacial score (nSPS) is 12.4. The number of pyridine rings is 1. The molecule has 2 rings (SSSR count). The van der Waals surface area contributed by atoms with E-state index in [2.05, 4.69) is 10.3 Å². The molecular weight excluding hydrogens is 214 g/mol. The standard InChI is InChI=1S/C13H15N3O/c1-2-10(14)13(17)16-11-7-3-5-9-6-4-8-15-12(9)11/h3-8,10H,2,14H2,1H3,(H,16,17). The molecule has 1 atom stereocenters. The molecule has 17 heavy (non-hydrogen) atoms. The molecule has 0 bridgehead atoms. The van der Waals surface area contributed by atoms with Gasteiger partial charge in [-0.25, -0.2) is 0 Å². The topological polar surface area (TPSA) is 68.0 Å². The number of carbonyl (C=O) groups is 1. The Labute approximate surface area is 99.8 Å². The first-order valence-electron chi connectivity index (χ1n) is 5.62. The third kappa shape index (κ3) is 2.42. The number of nitrogens with zero attached hydrogens (tertiary/aromatic N) is 1. The third-order valence-electron chi connectivity index (χ3n) is 2.67. The predicted octanol–water partition coefficient (Wildman–Crippen LogP) is 1.91. The molecule has 1 amide bonds. The molecule has 4 heteroatoms. The highest BCUT2D eigenvalue weighted by atomic mass is 16.2. The second-order valence-corrected chi connectivity index (χ2v) is 3.88. The van der Waals surface area contributed by atoms with Gasteiger partial charge in [0.1, 0.15) is 0 Å². The Bertz CT molecular complexity index is 534. The SMILES string of the molecule is CCC(N)C(=O)Nc1cccc2cccnc12. The summed E-state index contributed by atoms with van der Waals surface area (Å²) in [6.07, 6.45) is 2.32. The van der Waals surface area contributed by atoms with Crippen LogP contribution in [0.5, 0.6) is 0 Å². The van der Waals surface area contributed by atoms with Crippen LogP contribution in [-0.4, -0.2) is 16.9 Å². The molecule has 0 aliphatic heterocycles. The molecule has 88 valence electrons. The summed E-state index contributed by atoms with van der Waals surface area (Å²) in [7, 11) is 0. The number of nitrogens with one attached hydrogen (secondary N) is 1. The maximum Gasteiger partial charge on any atom is 0.241 e. The van der Waals surface area contributed by atoms with E-state index in [0.717, 1.165) is 10.9 Å². The van der Waals surface area contributed by atoms with Crippen LogP contribution in [0.3, 0.4) is 0 Å². The second kappa shape index (κ2) is 4.93. The van der Waals surface area contributed by atoms with Crippen LogP contribution < -0.4 is 11.1 Å². The van der Waals surface area contributed by atoms with Gasteiger partial charge in [-0.2, -0.15) is 0 Å². The van der Waals surface area contributed by atoms with E-state index in [-0.39, 0.29) is 5.91 Å². The summed E-state index contributed by atoms with van der Waals surface area (Å²) in [6.45, 7) is 1.88. The maximum atomic E-state index is 11.7. The molecule has 1 aromatic heterocycles. The monoisotopic (exact) mass is 229 g/mol. The molecule has 1 aromatic carbocycles. The summed E-state index contributed by atoms with van der Waals surface area (Å²) < 4.78 is 0. The minimum absolute atomic E-state index is 0.175. The van der Waals surface area contributed by atoms with Gasteiger partial charge in [0.05, 0.1) is 17.2 Å². The van der Waals surface area contributed by atoms with Crippen LogP contribution in [0.1, 0.15) is 13.3 Å². The fourth-order valence-corrected chi connectivity index (χ4v) is 1.62. The molecule has 0 saturated heterocycles. The van der Waals surface area contributed by atoms with Crippen molar-refractivity contribution in [3.05, 3.63) is 36.5 Å². The van der Waals surface area contributed by atoms with Crippen LogP contribution in [0, 0.1) is 0 Å². The summed E-state index contributed by atoms with van der Waals surface area (Å²) in [5.41, 5.74) is 7.17. The van der Waals surface area contributed by atoms with Crippen molar-refractivity contribution in [2.45, 2.75) is 19.4 Å². The van der Waals surface area contributed by atoms with Crippen molar-refractivity contribution >= 4 is 22.5 Å². The van der Waals surface area contributed by atoms with Gasteiger partial charge in [-0.1, -0.05) is 25.1 Å². The summed E-state index contributed by atoms with van der Waals surface area (Å²) in [5.74, 6) is -0.175. The van der Waals surface area contributed by atoms with Gasteiger partial charge in [-0.3, -0.25) is 9.78 Å². The molecule has 3 N–H and O–H groups in total. The average molecular weight is 229 g/mol. The van der Waals surface area contributed by atoms with E-state index in [0.29, 0.717) is 12.1 Å². The highest BCUT2D eigenvalue weighted by Crippen LogP contribution is 2.20. The number of nitrogens with two attached hydrogens (primary N) is 1. The van der Waals surface area contributed by atoms with Crippen molar-refractivity contribution in [1.29, 1.82) is 0 Å². The second-order valence-electron chi connectivity index (χ2n) is 3.88. The Balaban J connectivity index is 2.33. The van der Waals surface area contributed by atoms with Gasteiger partial charge in [-0.15, -0.1) is 0 Å². The van der Waals surface area contributed by atoms with E-state index in [4.69, 9.17) is 5.73 Å². The van der Waals surface area contributed by atoms with Crippen molar-refractivity contribution in [1.82, 2.24) is 4.98 Å². The van der Waals surface area contributed by atoms with Crippen molar-refractivity contribution < 1.29 is 4.79 Å². The number of hydrogen-bond donors (Lipinski definition) is 2. The van der Waals surface area contributed by atoms with Crippen molar-refractivity contribution in [2.75, 3.05) is 5.32 Å². The van der Waals surface area contributed by atoms with Gasteiger partial charge in [0, 0.05) is 11.6 Å². The van der Waals surface area contributed by atoms with E-state index < -0.39 is 6.04 Å². The van der Waals surface area contributed by atoms with E-state index in [9.17, 15) is 4.79 Å². The molecule has 0 aliphatic carbocycles. The fraction of sp³-hybridized carbons (Fsp3) is 0.231. The summed E-state index contributed by atoms with van der Waals surface area (Å²) >= 11 is 0. The molecule has 0 saturated carbocycles. The zero-order chi connectivity index (χ0) is 12.3. The van der Waals surface area contributed by atoms with Gasteiger partial charge in [0.15, 0.2) is 0 Å². The largest absolute Gasteiger partial charge is 0.323 e. The van der Waals surface area contributed by atoms with Crippen LogP contribution in [0.25, 0.3) is 10.9 Å². The third-order valence-corrected chi connectivity index (χ3v) is 2.67. The Kier molecular flexibility index (Phi) is 3.35. The predicted molar refractivity (Wildman–Crippen MR) is 68.6 cm³/mol. The number of benzene rings is 1. The van der Waals surface area contributed by atoms with E-state index >= 15 is 0 Å². The minimum Gasteiger partial charge on any atom is -0.323 e. The number of anilines is 1. The summed E-state index contributed by atoms with van der Waals surface area (Å²) in [6, 6.07) is 9.02. The number of amides is 1. The molecule has 4 nitrogen and oxygen atoms in total. The number of carbonyl (C=O) groups excluding carboxylic acids is 1. The van der Waals surface area contributed by atoms with E-state index in [1.165, 1.54) is 0 Å². The zero-order valence-electron chi connectivity index (χ0n) is 9.68. The average Bonchev–Trinajstić information content (AvgIpc) is 2.38. The molecule has 1 heterocycles. The lowest BCUT2D eigenvalue weighted by molar-refractivity contribution is -0.117. The Morgan fingerprint density at radius 1 is 1.41 bits per heavy atom. The summed E-state index contributed by atoms with van der Waals surface area (Å²) in [5, 5.41) is 3.80. The van der Waals surface area contributed by atoms with Crippen LogP contribution in [0.4, 0.5) is 5.69 Å². The molecule has 0 radical (unpaired) electrons.